The zero-order valence-corrected chi connectivity index (χ0v) is 17.9. The van der Waals surface area contributed by atoms with Gasteiger partial charge >= 0.3 is 0 Å². The fourth-order valence-electron chi connectivity index (χ4n) is 4.33. The Morgan fingerprint density at radius 1 is 1.16 bits per heavy atom. The van der Waals surface area contributed by atoms with E-state index in [0.29, 0.717) is 12.4 Å². The number of nitrogens with two attached hydrogens (primary N) is 1. The molecule has 0 aliphatic heterocycles. The summed E-state index contributed by atoms with van der Waals surface area (Å²) in [4.78, 5) is 20.7. The molecule has 0 radical (unpaired) electrons. The molecular formula is C25H25N5O2. The van der Waals surface area contributed by atoms with Crippen LogP contribution in [-0.2, 0) is 11.4 Å². The molecule has 162 valence electrons. The van der Waals surface area contributed by atoms with Gasteiger partial charge in [0.1, 0.15) is 30.1 Å². The zero-order chi connectivity index (χ0) is 22.1. The van der Waals surface area contributed by atoms with Gasteiger partial charge < -0.3 is 20.4 Å². The van der Waals surface area contributed by atoms with Crippen LogP contribution in [0.5, 0.6) is 5.75 Å². The molecule has 1 amide bonds. The largest absolute Gasteiger partial charge is 0.489 e. The molecule has 1 fully saturated rings. The maximum absolute atomic E-state index is 11.9. The minimum atomic E-state index is 0.0415. The number of hydrogen-bond donors (Lipinski definition) is 2. The van der Waals surface area contributed by atoms with E-state index in [4.69, 9.17) is 10.5 Å². The normalized spacial score (nSPS) is 17.7. The molecule has 1 aliphatic rings. The maximum atomic E-state index is 11.9. The number of nitrogen functional groups attached to an aromatic ring is 1. The molecule has 2 heterocycles. The minimum Gasteiger partial charge on any atom is -0.489 e. The number of amides is 1. The van der Waals surface area contributed by atoms with E-state index in [-0.39, 0.29) is 17.9 Å². The number of ether oxygens (including phenoxy) is 1. The van der Waals surface area contributed by atoms with Crippen LogP contribution in [0.15, 0.2) is 67.1 Å². The molecule has 4 aromatic rings. The third-order valence-electron chi connectivity index (χ3n) is 6.16. The first kappa shape index (κ1) is 20.1. The van der Waals surface area contributed by atoms with Crippen molar-refractivity contribution in [1.82, 2.24) is 19.9 Å². The predicted octanol–water partition coefficient (Wildman–Crippen LogP) is 3.96. The fraction of sp³-hybridized carbons (Fsp3) is 0.240. The van der Waals surface area contributed by atoms with Crippen molar-refractivity contribution in [1.29, 1.82) is 0 Å². The van der Waals surface area contributed by atoms with E-state index in [0.717, 1.165) is 46.3 Å². The van der Waals surface area contributed by atoms with Crippen molar-refractivity contribution >= 4 is 22.8 Å². The predicted molar refractivity (Wildman–Crippen MR) is 124 cm³/mol. The van der Waals surface area contributed by atoms with Gasteiger partial charge in [0.05, 0.1) is 5.39 Å². The monoisotopic (exact) mass is 427 g/mol. The number of nitrogens with one attached hydrogen (secondary N) is 1. The van der Waals surface area contributed by atoms with Crippen molar-refractivity contribution in [2.24, 2.45) is 5.92 Å². The van der Waals surface area contributed by atoms with Gasteiger partial charge in [-0.1, -0.05) is 42.5 Å². The summed E-state index contributed by atoms with van der Waals surface area (Å²) in [5.41, 5.74) is 10.1. The standard InChI is InChI=1S/C25H25N5O2/c1-27-25(31)18-10-19(11-18)30-13-21(22-23(26)28-15-29-24(22)30)17-8-5-9-20(12-17)32-14-16-6-3-2-4-7-16/h2-9,12-13,15,18-19H,10-11,14H2,1H3,(H,27,31)(H2,26,28,29)/t18-,19-. The van der Waals surface area contributed by atoms with Crippen molar-refractivity contribution in [3.05, 3.63) is 72.7 Å². The topological polar surface area (TPSA) is 95.1 Å². The first-order valence-corrected chi connectivity index (χ1v) is 10.7. The summed E-state index contributed by atoms with van der Waals surface area (Å²) in [6.07, 6.45) is 5.14. The van der Waals surface area contributed by atoms with Gasteiger partial charge in [-0.05, 0) is 36.1 Å². The van der Waals surface area contributed by atoms with Crippen molar-refractivity contribution in [3.63, 3.8) is 0 Å². The summed E-state index contributed by atoms with van der Waals surface area (Å²) >= 11 is 0. The van der Waals surface area contributed by atoms with Crippen LogP contribution in [0.25, 0.3) is 22.2 Å². The molecule has 7 heteroatoms. The molecule has 7 nitrogen and oxygen atoms in total. The zero-order valence-electron chi connectivity index (χ0n) is 17.9. The van der Waals surface area contributed by atoms with Crippen LogP contribution in [0.3, 0.4) is 0 Å². The van der Waals surface area contributed by atoms with E-state index in [2.05, 4.69) is 26.0 Å². The number of rotatable bonds is 6. The minimum absolute atomic E-state index is 0.0415. The quantitative estimate of drug-likeness (QED) is 0.486. The Bertz CT molecular complexity index is 1260. The number of nitrogens with zero attached hydrogens (tertiary/aromatic N) is 3. The third-order valence-corrected chi connectivity index (χ3v) is 6.16. The van der Waals surface area contributed by atoms with Gasteiger partial charge in [0.15, 0.2) is 0 Å². The fourth-order valence-corrected chi connectivity index (χ4v) is 4.33. The number of carbonyl (C=O) groups excluding carboxylic acids is 1. The lowest BCUT2D eigenvalue weighted by Crippen LogP contribution is -2.37. The van der Waals surface area contributed by atoms with Gasteiger partial charge in [-0.2, -0.15) is 0 Å². The molecule has 2 aromatic heterocycles. The van der Waals surface area contributed by atoms with Gasteiger partial charge in [-0.3, -0.25) is 4.79 Å². The van der Waals surface area contributed by atoms with Gasteiger partial charge in [0.2, 0.25) is 5.91 Å². The van der Waals surface area contributed by atoms with Gasteiger partial charge in [0, 0.05) is 30.8 Å². The molecular weight excluding hydrogens is 402 g/mol. The molecule has 0 bridgehead atoms. The Labute approximate surface area is 186 Å². The molecule has 3 N–H and O–H groups in total. The molecule has 0 saturated heterocycles. The highest BCUT2D eigenvalue weighted by Crippen LogP contribution is 2.43. The van der Waals surface area contributed by atoms with E-state index in [9.17, 15) is 4.79 Å². The van der Waals surface area contributed by atoms with Crippen LogP contribution in [0.4, 0.5) is 5.82 Å². The molecule has 1 aliphatic carbocycles. The summed E-state index contributed by atoms with van der Waals surface area (Å²) in [6.45, 7) is 0.500. The van der Waals surface area contributed by atoms with Gasteiger partial charge in [-0.25, -0.2) is 9.97 Å². The molecule has 0 atom stereocenters. The number of aromatic nitrogens is 3. The van der Waals surface area contributed by atoms with Crippen LogP contribution >= 0.6 is 0 Å². The Hall–Kier alpha value is -3.87. The smallest absolute Gasteiger partial charge is 0.223 e. The highest BCUT2D eigenvalue weighted by Gasteiger charge is 2.36. The van der Waals surface area contributed by atoms with E-state index < -0.39 is 0 Å². The summed E-state index contributed by atoms with van der Waals surface area (Å²) in [5, 5.41) is 3.57. The third kappa shape index (κ3) is 3.66. The number of fused-ring (bicyclic) bond motifs is 1. The van der Waals surface area contributed by atoms with E-state index in [1.54, 1.807) is 7.05 Å². The van der Waals surface area contributed by atoms with Crippen molar-refractivity contribution in [2.45, 2.75) is 25.5 Å². The summed E-state index contributed by atoms with van der Waals surface area (Å²) < 4.78 is 8.16. The number of hydrogen-bond acceptors (Lipinski definition) is 5. The molecule has 0 unspecified atom stereocenters. The molecule has 2 aromatic carbocycles. The first-order chi connectivity index (χ1) is 15.6. The van der Waals surface area contributed by atoms with Crippen LogP contribution in [0.1, 0.15) is 24.4 Å². The van der Waals surface area contributed by atoms with Gasteiger partial charge in [-0.15, -0.1) is 0 Å². The summed E-state index contributed by atoms with van der Waals surface area (Å²) in [7, 11) is 1.68. The highest BCUT2D eigenvalue weighted by molar-refractivity contribution is 6.00. The lowest BCUT2D eigenvalue weighted by Gasteiger charge is -2.35. The van der Waals surface area contributed by atoms with Crippen molar-refractivity contribution < 1.29 is 9.53 Å². The van der Waals surface area contributed by atoms with Crippen molar-refractivity contribution in [3.8, 4) is 16.9 Å². The second-order valence-corrected chi connectivity index (χ2v) is 8.15. The lowest BCUT2D eigenvalue weighted by atomic mass is 9.79. The lowest BCUT2D eigenvalue weighted by molar-refractivity contribution is -0.128. The van der Waals surface area contributed by atoms with Crippen LogP contribution < -0.4 is 15.8 Å². The Kier molecular flexibility index (Phi) is 5.23. The Balaban J connectivity index is 1.46. The number of anilines is 1. The number of carbonyl (C=O) groups is 1. The maximum Gasteiger partial charge on any atom is 0.223 e. The average molecular weight is 428 g/mol. The van der Waals surface area contributed by atoms with Crippen molar-refractivity contribution in [2.75, 3.05) is 12.8 Å². The second-order valence-electron chi connectivity index (χ2n) is 8.15. The molecule has 32 heavy (non-hydrogen) atoms. The van der Waals surface area contributed by atoms with E-state index in [1.807, 2.05) is 54.6 Å². The Morgan fingerprint density at radius 2 is 1.97 bits per heavy atom. The molecule has 1 saturated carbocycles. The highest BCUT2D eigenvalue weighted by atomic mass is 16.5. The van der Waals surface area contributed by atoms with E-state index in [1.165, 1.54) is 6.33 Å². The second kappa shape index (κ2) is 8.34. The molecule has 0 spiro atoms. The van der Waals surface area contributed by atoms with Crippen LogP contribution in [0, 0.1) is 5.92 Å². The van der Waals surface area contributed by atoms with Crippen LogP contribution in [-0.4, -0.2) is 27.5 Å². The first-order valence-electron chi connectivity index (χ1n) is 10.7. The summed E-state index contributed by atoms with van der Waals surface area (Å²) in [5.74, 6) is 1.36. The molecule has 5 rings (SSSR count). The average Bonchev–Trinajstić information content (AvgIpc) is 3.18. The van der Waals surface area contributed by atoms with Crippen LogP contribution in [0.2, 0.25) is 0 Å². The summed E-state index contributed by atoms with van der Waals surface area (Å²) in [6, 6.07) is 18.3. The van der Waals surface area contributed by atoms with E-state index >= 15 is 0 Å². The number of benzene rings is 2. The SMILES string of the molecule is CNC(=O)[C@H]1C[C@H](n2cc(-c3cccc(OCc4ccccc4)c3)c3c(N)ncnc32)C1. The Morgan fingerprint density at radius 3 is 2.75 bits per heavy atom. The van der Waals surface area contributed by atoms with Gasteiger partial charge in [0.25, 0.3) is 0 Å².